The van der Waals surface area contributed by atoms with E-state index in [-0.39, 0.29) is 11.9 Å². The Bertz CT molecular complexity index is 642. The van der Waals surface area contributed by atoms with E-state index in [4.69, 9.17) is 4.74 Å². The third-order valence-electron chi connectivity index (χ3n) is 2.52. The zero-order chi connectivity index (χ0) is 14.7. The Hall–Kier alpha value is -1.20. The Morgan fingerprint density at radius 1 is 1.20 bits per heavy atom. The van der Waals surface area contributed by atoms with Gasteiger partial charge in [0.2, 0.25) is 0 Å². The van der Waals surface area contributed by atoms with Crippen LogP contribution in [0.1, 0.15) is 29.8 Å². The first kappa shape index (κ1) is 15.2. The van der Waals surface area contributed by atoms with E-state index in [0.717, 1.165) is 8.95 Å². The molecule has 1 aromatic carbocycles. The van der Waals surface area contributed by atoms with Crippen molar-refractivity contribution >= 4 is 37.6 Å². The Morgan fingerprint density at radius 3 is 2.65 bits per heavy atom. The Kier molecular flexibility index (Phi) is 4.94. The monoisotopic (exact) mass is 397 g/mol. The van der Waals surface area contributed by atoms with Crippen molar-refractivity contribution in [1.29, 1.82) is 0 Å². The molecule has 104 valence electrons. The van der Waals surface area contributed by atoms with Gasteiger partial charge in [0.25, 0.3) is 0 Å². The summed E-state index contributed by atoms with van der Waals surface area (Å²) in [5.41, 5.74) is 1.09. The molecule has 0 spiro atoms. The highest BCUT2D eigenvalue weighted by Gasteiger charge is 2.14. The van der Waals surface area contributed by atoms with Crippen LogP contribution >= 0.6 is 31.9 Å². The summed E-state index contributed by atoms with van der Waals surface area (Å²) in [5.74, 6) is 0.497. The van der Waals surface area contributed by atoms with Crippen molar-refractivity contribution in [2.24, 2.45) is 0 Å². The lowest BCUT2D eigenvalue weighted by molar-refractivity contribution is 0.103. The van der Waals surface area contributed by atoms with Gasteiger partial charge >= 0.3 is 0 Å². The molecule has 0 bridgehead atoms. The molecular formula is C15H13Br2NO2. The van der Waals surface area contributed by atoms with E-state index in [0.29, 0.717) is 16.9 Å². The lowest BCUT2D eigenvalue weighted by atomic mass is 10.1. The second kappa shape index (κ2) is 6.50. The smallest absolute Gasteiger partial charge is 0.195 e. The molecule has 0 aliphatic rings. The van der Waals surface area contributed by atoms with Crippen molar-refractivity contribution in [3.8, 4) is 5.75 Å². The van der Waals surface area contributed by atoms with E-state index in [1.807, 2.05) is 26.0 Å². The van der Waals surface area contributed by atoms with Gasteiger partial charge in [-0.25, -0.2) is 0 Å². The van der Waals surface area contributed by atoms with E-state index < -0.39 is 0 Å². The van der Waals surface area contributed by atoms with Gasteiger partial charge in [0, 0.05) is 26.3 Å². The molecule has 3 nitrogen and oxygen atoms in total. The predicted octanol–water partition coefficient (Wildman–Crippen LogP) is 4.62. The van der Waals surface area contributed by atoms with Crippen LogP contribution in [0.5, 0.6) is 5.75 Å². The van der Waals surface area contributed by atoms with E-state index in [9.17, 15) is 4.79 Å². The summed E-state index contributed by atoms with van der Waals surface area (Å²) in [6.45, 7) is 3.86. The molecule has 0 saturated carbocycles. The quantitative estimate of drug-likeness (QED) is 0.705. The van der Waals surface area contributed by atoms with E-state index >= 15 is 0 Å². The second-order valence-electron chi connectivity index (χ2n) is 4.53. The molecule has 0 N–H and O–H groups in total. The number of aromatic nitrogens is 1. The van der Waals surface area contributed by atoms with Gasteiger partial charge in [-0.1, -0.05) is 31.9 Å². The van der Waals surface area contributed by atoms with E-state index in [1.165, 1.54) is 0 Å². The minimum atomic E-state index is -0.0973. The minimum Gasteiger partial charge on any atom is -0.489 e. The van der Waals surface area contributed by atoms with Gasteiger partial charge in [0.15, 0.2) is 5.78 Å². The van der Waals surface area contributed by atoms with Gasteiger partial charge in [-0.15, -0.1) is 0 Å². The lowest BCUT2D eigenvalue weighted by Crippen LogP contribution is -2.08. The highest BCUT2D eigenvalue weighted by molar-refractivity contribution is 9.11. The maximum Gasteiger partial charge on any atom is 0.195 e. The van der Waals surface area contributed by atoms with Crippen LogP contribution in [0.3, 0.4) is 0 Å². The molecule has 0 saturated heterocycles. The Balaban J connectivity index is 2.35. The van der Waals surface area contributed by atoms with Crippen molar-refractivity contribution in [3.63, 3.8) is 0 Å². The molecule has 0 aliphatic carbocycles. The van der Waals surface area contributed by atoms with Crippen LogP contribution < -0.4 is 4.74 Å². The second-order valence-corrected chi connectivity index (χ2v) is 6.30. The van der Waals surface area contributed by atoms with Crippen molar-refractivity contribution in [3.05, 3.63) is 56.7 Å². The molecule has 2 rings (SSSR count). The summed E-state index contributed by atoms with van der Waals surface area (Å²) in [6, 6.07) is 7.20. The number of pyridine rings is 1. The summed E-state index contributed by atoms with van der Waals surface area (Å²) in [6.07, 6.45) is 3.19. The van der Waals surface area contributed by atoms with Crippen LogP contribution in [-0.2, 0) is 0 Å². The molecule has 2 aromatic rings. The molecule has 0 amide bonds. The van der Waals surface area contributed by atoms with Crippen molar-refractivity contribution < 1.29 is 9.53 Å². The SMILES string of the molecule is CC(C)Oc1cncc(C(=O)c2cc(Br)ccc2Br)c1. The molecule has 0 aliphatic heterocycles. The number of ketones is 1. The third-order valence-corrected chi connectivity index (χ3v) is 3.70. The van der Waals surface area contributed by atoms with Crippen molar-refractivity contribution in [2.45, 2.75) is 20.0 Å². The summed E-state index contributed by atoms with van der Waals surface area (Å²) < 4.78 is 7.16. The molecule has 0 radical (unpaired) electrons. The first-order valence-electron chi connectivity index (χ1n) is 6.09. The van der Waals surface area contributed by atoms with Crippen LogP contribution in [-0.4, -0.2) is 16.9 Å². The lowest BCUT2D eigenvalue weighted by Gasteiger charge is -2.10. The fraction of sp³-hybridized carbons (Fsp3) is 0.200. The highest BCUT2D eigenvalue weighted by Crippen LogP contribution is 2.25. The average molecular weight is 399 g/mol. The highest BCUT2D eigenvalue weighted by atomic mass is 79.9. The standard InChI is InChI=1S/C15H13Br2NO2/c1-9(2)20-12-5-10(7-18-8-12)15(19)13-6-11(16)3-4-14(13)17/h3-9H,1-2H3. The van der Waals surface area contributed by atoms with Gasteiger partial charge in [0.05, 0.1) is 12.3 Å². The Morgan fingerprint density at radius 2 is 1.95 bits per heavy atom. The summed E-state index contributed by atoms with van der Waals surface area (Å²) in [7, 11) is 0. The fourth-order valence-electron chi connectivity index (χ4n) is 1.71. The number of carbonyl (C=O) groups excluding carboxylic acids is 1. The number of benzene rings is 1. The van der Waals surface area contributed by atoms with Gasteiger partial charge in [0.1, 0.15) is 5.75 Å². The maximum atomic E-state index is 12.5. The molecule has 1 heterocycles. The summed E-state index contributed by atoms with van der Waals surface area (Å²) >= 11 is 6.76. The van der Waals surface area contributed by atoms with Crippen LogP contribution in [0, 0.1) is 0 Å². The topological polar surface area (TPSA) is 39.2 Å². The first-order chi connectivity index (χ1) is 9.47. The molecule has 20 heavy (non-hydrogen) atoms. The summed E-state index contributed by atoms with van der Waals surface area (Å²) in [4.78, 5) is 16.6. The van der Waals surface area contributed by atoms with E-state index in [1.54, 1.807) is 24.5 Å². The fourth-order valence-corrected chi connectivity index (χ4v) is 2.49. The molecular weight excluding hydrogens is 386 g/mol. The van der Waals surface area contributed by atoms with Crippen LogP contribution in [0.2, 0.25) is 0 Å². The van der Waals surface area contributed by atoms with Crippen LogP contribution in [0.25, 0.3) is 0 Å². The van der Waals surface area contributed by atoms with Crippen LogP contribution in [0.4, 0.5) is 0 Å². The van der Waals surface area contributed by atoms with Crippen molar-refractivity contribution in [1.82, 2.24) is 4.98 Å². The normalized spacial score (nSPS) is 10.7. The van der Waals surface area contributed by atoms with Gasteiger partial charge < -0.3 is 4.74 Å². The van der Waals surface area contributed by atoms with Gasteiger partial charge in [-0.05, 0) is 38.1 Å². The molecule has 5 heteroatoms. The minimum absolute atomic E-state index is 0.0414. The number of hydrogen-bond acceptors (Lipinski definition) is 3. The van der Waals surface area contributed by atoms with Gasteiger partial charge in [-0.3, -0.25) is 9.78 Å². The number of rotatable bonds is 4. The number of hydrogen-bond donors (Lipinski definition) is 0. The maximum absolute atomic E-state index is 12.5. The number of halogens is 2. The predicted molar refractivity (Wildman–Crippen MR) is 85.3 cm³/mol. The molecule has 0 atom stereocenters. The van der Waals surface area contributed by atoms with E-state index in [2.05, 4.69) is 36.8 Å². The largest absolute Gasteiger partial charge is 0.489 e. The average Bonchev–Trinajstić information content (AvgIpc) is 2.40. The third kappa shape index (κ3) is 3.67. The van der Waals surface area contributed by atoms with Crippen LogP contribution in [0.15, 0.2) is 45.6 Å². The number of carbonyl (C=O) groups is 1. The number of ether oxygens (including phenoxy) is 1. The molecule has 0 fully saturated rings. The van der Waals surface area contributed by atoms with Gasteiger partial charge in [-0.2, -0.15) is 0 Å². The Labute approximate surface area is 134 Å². The molecule has 1 aromatic heterocycles. The molecule has 0 unspecified atom stereocenters. The zero-order valence-corrected chi connectivity index (χ0v) is 14.2. The van der Waals surface area contributed by atoms with Crippen molar-refractivity contribution in [2.75, 3.05) is 0 Å². The number of nitrogens with zero attached hydrogens (tertiary/aromatic N) is 1. The summed E-state index contributed by atoms with van der Waals surface area (Å²) in [5, 5.41) is 0. The zero-order valence-electron chi connectivity index (χ0n) is 11.1. The first-order valence-corrected chi connectivity index (χ1v) is 7.67.